The average molecular weight is 380 g/mol. The van der Waals surface area contributed by atoms with Gasteiger partial charge in [-0.2, -0.15) is 0 Å². The van der Waals surface area contributed by atoms with Crippen molar-refractivity contribution in [1.82, 2.24) is 4.90 Å². The Hall–Kier alpha value is -2.46. The molecule has 0 radical (unpaired) electrons. The lowest BCUT2D eigenvalue weighted by molar-refractivity contribution is -0.203. The van der Waals surface area contributed by atoms with Gasteiger partial charge in [0.25, 0.3) is 0 Å². The summed E-state index contributed by atoms with van der Waals surface area (Å²) in [6.07, 6.45) is 0. The highest BCUT2D eigenvalue weighted by Crippen LogP contribution is 2.47. The second-order valence-corrected chi connectivity index (χ2v) is 8.94. The molecule has 2 aromatic rings. The predicted octanol–water partition coefficient (Wildman–Crippen LogP) is 3.98. The number of benzene rings is 2. The largest absolute Gasteiger partial charge is 0.363 e. The molecule has 4 nitrogen and oxygen atoms in total. The smallest absolute Gasteiger partial charge is 0.231 e. The van der Waals surface area contributed by atoms with Crippen molar-refractivity contribution in [3.8, 4) is 0 Å². The molecule has 0 aromatic heterocycles. The lowest BCUT2D eigenvalue weighted by Gasteiger charge is -2.56. The highest BCUT2D eigenvalue weighted by molar-refractivity contribution is 6.03. The van der Waals surface area contributed by atoms with Crippen LogP contribution in [0.4, 0.5) is 0 Å². The topological polar surface area (TPSA) is 57.6 Å². The highest BCUT2D eigenvalue weighted by Gasteiger charge is 2.61. The fourth-order valence-electron chi connectivity index (χ4n) is 4.03. The first-order valence-corrected chi connectivity index (χ1v) is 9.81. The summed E-state index contributed by atoms with van der Waals surface area (Å²) in [7, 11) is 0. The van der Waals surface area contributed by atoms with Gasteiger partial charge in [0.15, 0.2) is 11.5 Å². The van der Waals surface area contributed by atoms with Gasteiger partial charge >= 0.3 is 0 Å². The molecule has 2 aromatic carbocycles. The zero-order chi connectivity index (χ0) is 20.7. The van der Waals surface area contributed by atoms with Crippen LogP contribution in [0.2, 0.25) is 0 Å². The number of aliphatic hydroxyl groups is 1. The van der Waals surface area contributed by atoms with Gasteiger partial charge in [0.1, 0.15) is 6.04 Å². The summed E-state index contributed by atoms with van der Waals surface area (Å²) in [4.78, 5) is 28.0. The molecule has 1 N–H and O–H groups in total. The Labute approximate surface area is 167 Å². The number of nitrogens with zero attached hydrogens (tertiary/aromatic N) is 1. The molecule has 28 heavy (non-hydrogen) atoms. The summed E-state index contributed by atoms with van der Waals surface area (Å²) >= 11 is 0. The van der Waals surface area contributed by atoms with Crippen LogP contribution in [0.25, 0.3) is 0 Å². The van der Waals surface area contributed by atoms with Crippen LogP contribution >= 0.6 is 0 Å². The molecular formula is C24H29NO3. The van der Waals surface area contributed by atoms with Crippen molar-refractivity contribution in [2.24, 2.45) is 17.3 Å². The number of hydrogen-bond acceptors (Lipinski definition) is 3. The number of ketones is 1. The van der Waals surface area contributed by atoms with Gasteiger partial charge in [-0.25, -0.2) is 0 Å². The van der Waals surface area contributed by atoms with Gasteiger partial charge in [0, 0.05) is 16.5 Å². The molecule has 0 unspecified atom stereocenters. The van der Waals surface area contributed by atoms with E-state index >= 15 is 0 Å². The normalized spacial score (nSPS) is 20.2. The molecule has 0 saturated carbocycles. The van der Waals surface area contributed by atoms with Crippen LogP contribution in [-0.4, -0.2) is 27.7 Å². The Morgan fingerprint density at radius 2 is 1.36 bits per heavy atom. The van der Waals surface area contributed by atoms with Crippen LogP contribution in [-0.2, 0) is 15.3 Å². The van der Waals surface area contributed by atoms with Crippen molar-refractivity contribution in [3.63, 3.8) is 0 Å². The van der Waals surface area contributed by atoms with Crippen molar-refractivity contribution in [1.29, 1.82) is 0 Å². The molecule has 148 valence electrons. The molecule has 1 heterocycles. The number of Topliss-reactive ketones (excluding diaryl/α,β-unsaturated/α-hetero) is 1. The number of likely N-dealkylation sites (tertiary alicyclic amines) is 1. The highest BCUT2D eigenvalue weighted by atomic mass is 16.3. The van der Waals surface area contributed by atoms with Gasteiger partial charge in [-0.05, 0) is 5.92 Å². The molecular weight excluding hydrogens is 350 g/mol. The molecule has 1 aliphatic heterocycles. The van der Waals surface area contributed by atoms with E-state index in [2.05, 4.69) is 0 Å². The average Bonchev–Trinajstić information content (AvgIpc) is 2.65. The van der Waals surface area contributed by atoms with E-state index in [9.17, 15) is 14.7 Å². The summed E-state index contributed by atoms with van der Waals surface area (Å²) in [5, 5.41) is 12.0. The fraction of sp³-hybridized carbons (Fsp3) is 0.417. The molecule has 1 amide bonds. The summed E-state index contributed by atoms with van der Waals surface area (Å²) in [6.45, 7) is 9.48. The van der Waals surface area contributed by atoms with E-state index in [4.69, 9.17) is 0 Å². The Balaban J connectivity index is 2.19. The predicted molar refractivity (Wildman–Crippen MR) is 109 cm³/mol. The van der Waals surface area contributed by atoms with Crippen molar-refractivity contribution >= 4 is 11.7 Å². The monoisotopic (exact) mass is 379 g/mol. The summed E-state index contributed by atoms with van der Waals surface area (Å²) in [5.41, 5.74) is -1.17. The number of β-lactam (4-membered cyclic amide) rings is 1. The third-order valence-corrected chi connectivity index (χ3v) is 5.57. The van der Waals surface area contributed by atoms with E-state index in [-0.39, 0.29) is 17.6 Å². The molecule has 1 aliphatic rings. The maximum absolute atomic E-state index is 13.3. The maximum Gasteiger partial charge on any atom is 0.231 e. The van der Waals surface area contributed by atoms with Crippen LogP contribution in [0.5, 0.6) is 0 Å². The standard InChI is InChI=1S/C24H29NO3/c1-16(2)19-20(21(26)23(3,4)5)25(22(19)27)24(28,17-12-8-6-9-13-17)18-14-10-7-11-15-18/h6-16,19-20,28H,1-5H3/t19-,20+/m1/s1. The number of hydrogen-bond donors (Lipinski definition) is 1. The number of carbonyl (C=O) groups excluding carboxylic acids is 2. The lowest BCUT2D eigenvalue weighted by atomic mass is 9.69. The number of rotatable bonds is 5. The second-order valence-electron chi connectivity index (χ2n) is 8.94. The van der Waals surface area contributed by atoms with E-state index in [1.807, 2.05) is 71.0 Å². The minimum absolute atomic E-state index is 0.0100. The van der Waals surface area contributed by atoms with Crippen LogP contribution in [0.15, 0.2) is 60.7 Å². The Kier molecular flexibility index (Phi) is 5.20. The minimum atomic E-state index is -1.70. The molecule has 1 saturated heterocycles. The van der Waals surface area contributed by atoms with E-state index in [1.54, 1.807) is 24.3 Å². The molecule has 0 bridgehead atoms. The zero-order valence-electron chi connectivity index (χ0n) is 17.2. The van der Waals surface area contributed by atoms with Crippen LogP contribution in [0.1, 0.15) is 45.7 Å². The van der Waals surface area contributed by atoms with Crippen molar-refractivity contribution < 1.29 is 14.7 Å². The molecule has 0 aliphatic carbocycles. The lowest BCUT2D eigenvalue weighted by Crippen LogP contribution is -2.73. The van der Waals surface area contributed by atoms with Gasteiger partial charge in [0.2, 0.25) is 5.91 Å². The van der Waals surface area contributed by atoms with Crippen molar-refractivity contribution in [2.45, 2.75) is 46.4 Å². The number of carbonyl (C=O) groups is 2. The molecule has 0 spiro atoms. The summed E-state index contributed by atoms with van der Waals surface area (Å²) < 4.78 is 0. The molecule has 3 rings (SSSR count). The fourth-order valence-corrected chi connectivity index (χ4v) is 4.03. The third-order valence-electron chi connectivity index (χ3n) is 5.57. The van der Waals surface area contributed by atoms with E-state index in [0.717, 1.165) is 0 Å². The Morgan fingerprint density at radius 3 is 1.71 bits per heavy atom. The first-order valence-electron chi connectivity index (χ1n) is 9.81. The zero-order valence-corrected chi connectivity index (χ0v) is 17.2. The van der Waals surface area contributed by atoms with E-state index < -0.39 is 23.1 Å². The maximum atomic E-state index is 13.3. The molecule has 1 fully saturated rings. The van der Waals surface area contributed by atoms with Crippen molar-refractivity contribution in [2.75, 3.05) is 0 Å². The van der Waals surface area contributed by atoms with E-state index in [1.165, 1.54) is 4.90 Å². The summed E-state index contributed by atoms with van der Waals surface area (Å²) in [5.74, 6) is -0.634. The number of amides is 1. The van der Waals surface area contributed by atoms with Crippen molar-refractivity contribution in [3.05, 3.63) is 71.8 Å². The Bertz CT molecular complexity index is 813. The van der Waals surface area contributed by atoms with Crippen LogP contribution < -0.4 is 0 Å². The van der Waals surface area contributed by atoms with Gasteiger partial charge in [0.05, 0.1) is 5.92 Å². The SMILES string of the molecule is CC(C)[C@H]1C(=O)N(C(O)(c2ccccc2)c2ccccc2)[C@@H]1C(=O)C(C)(C)C. The summed E-state index contributed by atoms with van der Waals surface area (Å²) in [6, 6.07) is 17.5. The second kappa shape index (κ2) is 7.17. The van der Waals surface area contributed by atoms with Crippen LogP contribution in [0, 0.1) is 17.3 Å². The first kappa shape index (κ1) is 20.3. The van der Waals surface area contributed by atoms with E-state index in [0.29, 0.717) is 11.1 Å². The Morgan fingerprint density at radius 1 is 0.929 bits per heavy atom. The minimum Gasteiger partial charge on any atom is -0.363 e. The molecule has 4 heteroatoms. The van der Waals surface area contributed by atoms with Gasteiger partial charge < -0.3 is 5.11 Å². The quantitative estimate of drug-likeness (QED) is 0.800. The molecule has 2 atom stereocenters. The first-order chi connectivity index (χ1) is 13.1. The third kappa shape index (κ3) is 3.16. The van der Waals surface area contributed by atoms with Gasteiger partial charge in [-0.15, -0.1) is 0 Å². The van der Waals surface area contributed by atoms with Gasteiger partial charge in [-0.1, -0.05) is 95.3 Å². The van der Waals surface area contributed by atoms with Crippen LogP contribution in [0.3, 0.4) is 0 Å². The van der Waals surface area contributed by atoms with Gasteiger partial charge in [-0.3, -0.25) is 14.5 Å².